The Morgan fingerprint density at radius 2 is 1.64 bits per heavy atom. The summed E-state index contributed by atoms with van der Waals surface area (Å²) in [5, 5.41) is 0. The van der Waals surface area contributed by atoms with Gasteiger partial charge in [-0.15, -0.1) is 0 Å². The van der Waals surface area contributed by atoms with Gasteiger partial charge in [-0.1, -0.05) is 33.6 Å². The van der Waals surface area contributed by atoms with Gasteiger partial charge >= 0.3 is 0 Å². The Bertz CT molecular complexity index is 84.9. The van der Waals surface area contributed by atoms with E-state index in [2.05, 4.69) is 27.7 Å². The third-order valence-electron chi connectivity index (χ3n) is 2.76. The van der Waals surface area contributed by atoms with Crippen molar-refractivity contribution in [2.45, 2.75) is 47.0 Å². The molecule has 0 aliphatic carbocycles. The lowest BCUT2D eigenvalue weighted by Gasteiger charge is -2.26. The van der Waals surface area contributed by atoms with E-state index in [9.17, 15) is 0 Å². The fraction of sp³-hybridized carbons (Fsp3) is 1.00. The zero-order valence-electron chi connectivity index (χ0n) is 8.44. The maximum Gasteiger partial charge on any atom is 0.0471 e. The fourth-order valence-corrected chi connectivity index (χ4v) is 1.07. The zero-order valence-corrected chi connectivity index (χ0v) is 8.44. The Hall–Kier alpha value is -0.0400. The molecule has 68 valence electrons. The summed E-state index contributed by atoms with van der Waals surface area (Å²) in [6.45, 7) is 10.7. The van der Waals surface area contributed by atoms with Gasteiger partial charge in [0.2, 0.25) is 0 Å². The van der Waals surface area contributed by atoms with E-state index in [-0.39, 0.29) is 0 Å². The van der Waals surface area contributed by atoms with Crippen LogP contribution in [0, 0.1) is 5.41 Å². The van der Waals surface area contributed by atoms with Crippen LogP contribution in [0.5, 0.6) is 0 Å². The minimum Gasteiger partial charge on any atom is -0.382 e. The van der Waals surface area contributed by atoms with E-state index in [1.54, 1.807) is 0 Å². The Morgan fingerprint density at radius 3 is 2.00 bits per heavy atom. The number of hydrogen-bond acceptors (Lipinski definition) is 1. The standard InChI is InChI=1S/C10H22O/c1-5-10(4,6-2)8-9-11-7-3/h5-9H2,1-4H3. The van der Waals surface area contributed by atoms with Crippen LogP contribution in [0.1, 0.15) is 47.0 Å². The van der Waals surface area contributed by atoms with Gasteiger partial charge in [0, 0.05) is 13.2 Å². The first-order chi connectivity index (χ1) is 5.18. The summed E-state index contributed by atoms with van der Waals surface area (Å²) in [5.41, 5.74) is 0.509. The lowest BCUT2D eigenvalue weighted by Crippen LogP contribution is -2.16. The Morgan fingerprint density at radius 1 is 1.09 bits per heavy atom. The van der Waals surface area contributed by atoms with Gasteiger partial charge < -0.3 is 4.74 Å². The predicted molar refractivity (Wildman–Crippen MR) is 49.8 cm³/mol. The van der Waals surface area contributed by atoms with E-state index in [1.165, 1.54) is 19.3 Å². The summed E-state index contributed by atoms with van der Waals surface area (Å²) in [6, 6.07) is 0. The molecule has 0 spiro atoms. The number of rotatable bonds is 6. The Balaban J connectivity index is 3.51. The Kier molecular flexibility index (Phi) is 5.57. The van der Waals surface area contributed by atoms with Crippen molar-refractivity contribution in [1.82, 2.24) is 0 Å². The van der Waals surface area contributed by atoms with Gasteiger partial charge in [0.15, 0.2) is 0 Å². The molecule has 0 aliphatic rings. The van der Waals surface area contributed by atoms with Crippen LogP contribution in [-0.2, 0) is 4.74 Å². The quantitative estimate of drug-likeness (QED) is 0.539. The SMILES string of the molecule is CCOCCC(C)(CC)CC. The molecule has 0 unspecified atom stereocenters. The zero-order chi connectivity index (χ0) is 8.74. The minimum atomic E-state index is 0.509. The largest absolute Gasteiger partial charge is 0.382 e. The summed E-state index contributed by atoms with van der Waals surface area (Å²) >= 11 is 0. The second-order valence-corrected chi connectivity index (χ2v) is 3.46. The highest BCUT2D eigenvalue weighted by Crippen LogP contribution is 2.29. The molecule has 0 N–H and O–H groups in total. The fourth-order valence-electron chi connectivity index (χ4n) is 1.07. The molecular formula is C10H22O. The molecule has 0 radical (unpaired) electrons. The van der Waals surface area contributed by atoms with Crippen LogP contribution >= 0.6 is 0 Å². The molecule has 0 saturated carbocycles. The van der Waals surface area contributed by atoms with Gasteiger partial charge in [0.05, 0.1) is 0 Å². The molecule has 0 aromatic heterocycles. The maximum absolute atomic E-state index is 5.33. The molecule has 0 fully saturated rings. The minimum absolute atomic E-state index is 0.509. The smallest absolute Gasteiger partial charge is 0.0471 e. The molecule has 11 heavy (non-hydrogen) atoms. The van der Waals surface area contributed by atoms with Crippen molar-refractivity contribution in [3.05, 3.63) is 0 Å². The van der Waals surface area contributed by atoms with Crippen molar-refractivity contribution < 1.29 is 4.74 Å². The van der Waals surface area contributed by atoms with Crippen molar-refractivity contribution in [2.24, 2.45) is 5.41 Å². The van der Waals surface area contributed by atoms with Crippen LogP contribution in [0.2, 0.25) is 0 Å². The lowest BCUT2D eigenvalue weighted by molar-refractivity contribution is 0.105. The number of ether oxygens (including phenoxy) is 1. The van der Waals surface area contributed by atoms with Crippen molar-refractivity contribution in [1.29, 1.82) is 0 Å². The topological polar surface area (TPSA) is 9.23 Å². The van der Waals surface area contributed by atoms with E-state index in [0.717, 1.165) is 13.2 Å². The molecule has 0 aromatic carbocycles. The van der Waals surface area contributed by atoms with Crippen LogP contribution < -0.4 is 0 Å². The first kappa shape index (κ1) is 11.0. The number of hydrogen-bond donors (Lipinski definition) is 0. The van der Waals surface area contributed by atoms with Crippen LogP contribution in [0.4, 0.5) is 0 Å². The summed E-state index contributed by atoms with van der Waals surface area (Å²) in [6.07, 6.45) is 3.72. The second kappa shape index (κ2) is 5.59. The van der Waals surface area contributed by atoms with Crippen molar-refractivity contribution in [3.8, 4) is 0 Å². The highest BCUT2D eigenvalue weighted by atomic mass is 16.5. The highest BCUT2D eigenvalue weighted by molar-refractivity contribution is 4.69. The lowest BCUT2D eigenvalue weighted by atomic mass is 9.82. The average molecular weight is 158 g/mol. The average Bonchev–Trinajstić information content (AvgIpc) is 2.05. The van der Waals surface area contributed by atoms with Gasteiger partial charge in [0.1, 0.15) is 0 Å². The maximum atomic E-state index is 5.33. The second-order valence-electron chi connectivity index (χ2n) is 3.46. The third kappa shape index (κ3) is 4.41. The Labute approximate surface area is 71.1 Å². The summed E-state index contributed by atoms with van der Waals surface area (Å²) in [4.78, 5) is 0. The molecule has 0 aromatic rings. The summed E-state index contributed by atoms with van der Waals surface area (Å²) in [7, 11) is 0. The summed E-state index contributed by atoms with van der Waals surface area (Å²) in [5.74, 6) is 0. The van der Waals surface area contributed by atoms with Gasteiger partial charge in [-0.3, -0.25) is 0 Å². The molecule has 0 rings (SSSR count). The van der Waals surface area contributed by atoms with Gasteiger partial charge in [-0.05, 0) is 18.8 Å². The normalized spacial score (nSPS) is 12.0. The van der Waals surface area contributed by atoms with Gasteiger partial charge in [-0.2, -0.15) is 0 Å². The van der Waals surface area contributed by atoms with Crippen LogP contribution in [0.3, 0.4) is 0 Å². The first-order valence-electron chi connectivity index (χ1n) is 4.76. The van der Waals surface area contributed by atoms with E-state index < -0.39 is 0 Å². The van der Waals surface area contributed by atoms with Gasteiger partial charge in [-0.25, -0.2) is 0 Å². The first-order valence-corrected chi connectivity index (χ1v) is 4.76. The van der Waals surface area contributed by atoms with Crippen molar-refractivity contribution >= 4 is 0 Å². The molecule has 0 saturated heterocycles. The van der Waals surface area contributed by atoms with E-state index in [0.29, 0.717) is 5.41 Å². The molecule has 1 heteroatoms. The predicted octanol–water partition coefficient (Wildman–Crippen LogP) is 3.24. The third-order valence-corrected chi connectivity index (χ3v) is 2.76. The van der Waals surface area contributed by atoms with E-state index in [1.807, 2.05) is 0 Å². The molecule has 0 amide bonds. The molecule has 0 bridgehead atoms. The molecule has 1 nitrogen and oxygen atoms in total. The van der Waals surface area contributed by atoms with Gasteiger partial charge in [0.25, 0.3) is 0 Å². The van der Waals surface area contributed by atoms with E-state index >= 15 is 0 Å². The van der Waals surface area contributed by atoms with Crippen molar-refractivity contribution in [3.63, 3.8) is 0 Å². The molecule has 0 heterocycles. The molecular weight excluding hydrogens is 136 g/mol. The van der Waals surface area contributed by atoms with Crippen LogP contribution in [-0.4, -0.2) is 13.2 Å². The van der Waals surface area contributed by atoms with Crippen molar-refractivity contribution in [2.75, 3.05) is 13.2 Å². The molecule has 0 atom stereocenters. The summed E-state index contributed by atoms with van der Waals surface area (Å²) < 4.78 is 5.33. The monoisotopic (exact) mass is 158 g/mol. The molecule has 0 aliphatic heterocycles. The van der Waals surface area contributed by atoms with Crippen LogP contribution in [0.25, 0.3) is 0 Å². The van der Waals surface area contributed by atoms with E-state index in [4.69, 9.17) is 4.74 Å². The van der Waals surface area contributed by atoms with Crippen LogP contribution in [0.15, 0.2) is 0 Å². The highest BCUT2D eigenvalue weighted by Gasteiger charge is 2.18.